The maximum Gasteiger partial charge on any atom is 0.184 e. The summed E-state index contributed by atoms with van der Waals surface area (Å²) in [6, 6.07) is 2.46. The Morgan fingerprint density at radius 1 is 1.33 bits per heavy atom. The fourth-order valence-corrected chi connectivity index (χ4v) is 3.78. The third kappa shape index (κ3) is 1.81. The molecular weight excluding hydrogens is 264 g/mol. The van der Waals surface area contributed by atoms with Crippen LogP contribution >= 0.6 is 0 Å². The van der Waals surface area contributed by atoms with E-state index in [4.69, 9.17) is 5.73 Å². The molecule has 2 atom stereocenters. The van der Waals surface area contributed by atoms with Crippen LogP contribution in [0.1, 0.15) is 45.1 Å². The highest BCUT2D eigenvalue weighted by atomic mass is 15.3. The molecule has 3 aromatic heterocycles. The monoisotopic (exact) mass is 284 g/mol. The van der Waals surface area contributed by atoms with E-state index in [0.29, 0.717) is 23.4 Å². The lowest BCUT2D eigenvalue weighted by Gasteiger charge is -2.32. The largest absolute Gasteiger partial charge is 0.382 e. The van der Waals surface area contributed by atoms with Gasteiger partial charge in [-0.05, 0) is 24.8 Å². The minimum absolute atomic E-state index is 0.464. The SMILES string of the molecule is CC[C@@H]1CCCC[C@@H]1n1[nH]c(N)c2nnc3nccc3c21. The van der Waals surface area contributed by atoms with E-state index in [0.717, 1.165) is 16.4 Å². The molecule has 0 bridgehead atoms. The Morgan fingerprint density at radius 2 is 2.19 bits per heavy atom. The van der Waals surface area contributed by atoms with E-state index >= 15 is 0 Å². The Kier molecular flexibility index (Phi) is 2.83. The predicted octanol–water partition coefficient (Wildman–Crippen LogP) is 3.03. The standard InChI is InChI=1S/C15H20N6/c1-2-9-5-3-4-6-11(9)21-13-10-7-8-17-15(10)19-18-12(13)14(16)20-21/h7-9,11,20H,2-6,16H2,1H3/t9-,11+/m1/s1. The molecule has 0 unspecified atom stereocenters. The number of nitrogens with two attached hydrogens (primary N) is 1. The van der Waals surface area contributed by atoms with Crippen LogP contribution in [0, 0.1) is 5.92 Å². The van der Waals surface area contributed by atoms with Gasteiger partial charge in [-0.15, -0.1) is 10.2 Å². The molecule has 0 saturated heterocycles. The second-order valence-electron chi connectivity index (χ2n) is 5.99. The van der Waals surface area contributed by atoms with Gasteiger partial charge in [0.05, 0.1) is 11.4 Å². The molecule has 3 N–H and O–H groups in total. The molecule has 4 rings (SSSR count). The maximum atomic E-state index is 6.13. The molecule has 1 fully saturated rings. The Morgan fingerprint density at radius 3 is 3.05 bits per heavy atom. The molecule has 3 aromatic rings. The van der Waals surface area contributed by atoms with Crippen LogP contribution in [0.2, 0.25) is 0 Å². The zero-order chi connectivity index (χ0) is 14.4. The van der Waals surface area contributed by atoms with E-state index < -0.39 is 0 Å². The molecule has 110 valence electrons. The number of nitrogens with one attached hydrogen (secondary N) is 1. The van der Waals surface area contributed by atoms with Crippen LogP contribution in [0.3, 0.4) is 0 Å². The average Bonchev–Trinajstić information content (AvgIpc) is 3.11. The van der Waals surface area contributed by atoms with Crippen LogP contribution in [-0.4, -0.2) is 25.0 Å². The Bertz CT molecular complexity index is 786. The molecule has 0 radical (unpaired) electrons. The highest BCUT2D eigenvalue weighted by molar-refractivity contribution is 6.03. The number of aromatic nitrogens is 5. The zero-order valence-corrected chi connectivity index (χ0v) is 12.2. The van der Waals surface area contributed by atoms with Crippen molar-refractivity contribution in [3.05, 3.63) is 12.3 Å². The number of nitrogen functional groups attached to an aromatic ring is 1. The Labute approximate surface area is 122 Å². The number of hydrogen-bond acceptors (Lipinski definition) is 4. The van der Waals surface area contributed by atoms with Crippen molar-refractivity contribution in [1.82, 2.24) is 25.0 Å². The number of nitrogens with zero attached hydrogens (tertiary/aromatic N) is 4. The number of anilines is 1. The van der Waals surface area contributed by atoms with Crippen molar-refractivity contribution in [1.29, 1.82) is 0 Å². The first-order valence-electron chi connectivity index (χ1n) is 7.76. The molecule has 0 spiro atoms. The number of fused-ring (bicyclic) bond motifs is 3. The number of hydrogen-bond donors (Lipinski definition) is 2. The first kappa shape index (κ1) is 12.6. The van der Waals surface area contributed by atoms with Crippen LogP contribution < -0.4 is 5.73 Å². The lowest BCUT2D eigenvalue weighted by atomic mass is 9.83. The molecule has 6 nitrogen and oxygen atoms in total. The van der Waals surface area contributed by atoms with Crippen LogP contribution in [0.4, 0.5) is 5.82 Å². The van der Waals surface area contributed by atoms with Crippen molar-refractivity contribution in [2.45, 2.75) is 45.1 Å². The van der Waals surface area contributed by atoms with Crippen molar-refractivity contribution >= 4 is 27.9 Å². The maximum absolute atomic E-state index is 6.13. The van der Waals surface area contributed by atoms with Crippen molar-refractivity contribution in [2.75, 3.05) is 5.73 Å². The van der Waals surface area contributed by atoms with E-state index in [9.17, 15) is 0 Å². The van der Waals surface area contributed by atoms with Crippen molar-refractivity contribution in [3.8, 4) is 0 Å². The first-order valence-corrected chi connectivity index (χ1v) is 7.76. The quantitative estimate of drug-likeness (QED) is 0.757. The number of aromatic amines is 1. The normalized spacial score (nSPS) is 23.1. The predicted molar refractivity (Wildman–Crippen MR) is 82.9 cm³/mol. The highest BCUT2D eigenvalue weighted by Crippen LogP contribution is 2.39. The number of H-pyrrole nitrogens is 1. The van der Waals surface area contributed by atoms with Gasteiger partial charge in [0.25, 0.3) is 0 Å². The van der Waals surface area contributed by atoms with E-state index in [2.05, 4.69) is 31.9 Å². The summed E-state index contributed by atoms with van der Waals surface area (Å²) in [6.07, 6.45) is 8.06. The first-order chi connectivity index (χ1) is 10.3. The van der Waals surface area contributed by atoms with Gasteiger partial charge in [0, 0.05) is 6.20 Å². The zero-order valence-electron chi connectivity index (χ0n) is 12.2. The van der Waals surface area contributed by atoms with Crippen LogP contribution in [-0.2, 0) is 0 Å². The Balaban J connectivity index is 1.97. The van der Waals surface area contributed by atoms with Gasteiger partial charge in [-0.1, -0.05) is 26.2 Å². The van der Waals surface area contributed by atoms with Gasteiger partial charge in [0.15, 0.2) is 11.2 Å². The minimum Gasteiger partial charge on any atom is -0.382 e. The summed E-state index contributed by atoms with van der Waals surface area (Å²) in [7, 11) is 0. The lowest BCUT2D eigenvalue weighted by Crippen LogP contribution is -2.23. The van der Waals surface area contributed by atoms with Gasteiger partial charge < -0.3 is 5.73 Å². The van der Waals surface area contributed by atoms with Crippen molar-refractivity contribution < 1.29 is 0 Å². The van der Waals surface area contributed by atoms with Gasteiger partial charge in [-0.25, -0.2) is 4.98 Å². The summed E-state index contributed by atoms with van der Waals surface area (Å²) in [4.78, 5) is 4.26. The fourth-order valence-electron chi connectivity index (χ4n) is 3.78. The highest BCUT2D eigenvalue weighted by Gasteiger charge is 2.28. The van der Waals surface area contributed by atoms with Crippen molar-refractivity contribution in [3.63, 3.8) is 0 Å². The molecule has 0 aromatic carbocycles. The van der Waals surface area contributed by atoms with E-state index in [-0.39, 0.29) is 0 Å². The van der Waals surface area contributed by atoms with E-state index in [1.807, 2.05) is 6.07 Å². The minimum atomic E-state index is 0.464. The third-order valence-corrected chi connectivity index (χ3v) is 4.86. The summed E-state index contributed by atoms with van der Waals surface area (Å²) in [5, 5.41) is 12.8. The average molecular weight is 284 g/mol. The molecule has 0 amide bonds. The van der Waals surface area contributed by atoms with Crippen LogP contribution in [0.15, 0.2) is 12.3 Å². The molecule has 1 aliphatic rings. The van der Waals surface area contributed by atoms with E-state index in [1.54, 1.807) is 6.20 Å². The third-order valence-electron chi connectivity index (χ3n) is 4.86. The molecule has 6 heteroatoms. The summed E-state index contributed by atoms with van der Waals surface area (Å²) in [6.45, 7) is 2.28. The molecule has 21 heavy (non-hydrogen) atoms. The summed E-state index contributed by atoms with van der Waals surface area (Å²) in [5.41, 5.74) is 8.64. The van der Waals surface area contributed by atoms with Gasteiger partial charge >= 0.3 is 0 Å². The smallest absolute Gasteiger partial charge is 0.184 e. The molecule has 3 heterocycles. The van der Waals surface area contributed by atoms with Gasteiger partial charge in [0.1, 0.15) is 11.3 Å². The van der Waals surface area contributed by atoms with Crippen molar-refractivity contribution in [2.24, 2.45) is 5.92 Å². The van der Waals surface area contributed by atoms with Gasteiger partial charge in [0.2, 0.25) is 0 Å². The lowest BCUT2D eigenvalue weighted by molar-refractivity contribution is 0.223. The molecule has 1 saturated carbocycles. The second kappa shape index (κ2) is 4.72. The van der Waals surface area contributed by atoms with E-state index in [1.165, 1.54) is 32.1 Å². The summed E-state index contributed by atoms with van der Waals surface area (Å²) >= 11 is 0. The molecular formula is C15H20N6. The van der Waals surface area contributed by atoms with Crippen LogP contribution in [0.5, 0.6) is 0 Å². The molecule has 0 aliphatic heterocycles. The topological polar surface area (TPSA) is 85.4 Å². The number of rotatable bonds is 2. The molecule has 1 aliphatic carbocycles. The van der Waals surface area contributed by atoms with Gasteiger partial charge in [-0.2, -0.15) is 0 Å². The summed E-state index contributed by atoms with van der Waals surface area (Å²) < 4.78 is 2.23. The van der Waals surface area contributed by atoms with Gasteiger partial charge in [-0.3, -0.25) is 9.78 Å². The Hall–Kier alpha value is -2.11. The fraction of sp³-hybridized carbons (Fsp3) is 0.533. The second-order valence-corrected chi connectivity index (χ2v) is 5.99. The summed E-state index contributed by atoms with van der Waals surface area (Å²) in [5.74, 6) is 1.29. The van der Waals surface area contributed by atoms with Crippen LogP contribution in [0.25, 0.3) is 22.1 Å².